The Morgan fingerprint density at radius 1 is 1.19 bits per heavy atom. The number of anilines is 1. The van der Waals surface area contributed by atoms with E-state index >= 15 is 0 Å². The maximum atomic E-state index is 13.1. The molecule has 142 valence electrons. The summed E-state index contributed by atoms with van der Waals surface area (Å²) in [5.74, 6) is 0.427. The van der Waals surface area contributed by atoms with Crippen molar-refractivity contribution >= 4 is 11.7 Å². The molecule has 0 radical (unpaired) electrons. The van der Waals surface area contributed by atoms with E-state index in [0.717, 1.165) is 30.0 Å². The zero-order valence-electron chi connectivity index (χ0n) is 15.1. The lowest BCUT2D eigenvalue weighted by Crippen LogP contribution is -2.34. The smallest absolute Gasteiger partial charge is 0.226 e. The highest BCUT2D eigenvalue weighted by atomic mass is 19.1. The molecule has 1 amide bonds. The summed E-state index contributed by atoms with van der Waals surface area (Å²) < 4.78 is 13.1. The number of carbonyl (C=O) groups excluding carboxylic acids is 1. The van der Waals surface area contributed by atoms with Gasteiger partial charge in [-0.05, 0) is 42.2 Å². The fraction of sp³-hybridized carbons (Fsp3) is 0.400. The minimum Gasteiger partial charge on any atom is -0.357 e. The lowest BCUT2D eigenvalue weighted by molar-refractivity contribution is -0.125. The van der Waals surface area contributed by atoms with Crippen LogP contribution in [0.4, 0.5) is 10.2 Å². The lowest BCUT2D eigenvalue weighted by Gasteiger charge is -2.19. The predicted molar refractivity (Wildman–Crippen MR) is 101 cm³/mol. The van der Waals surface area contributed by atoms with Gasteiger partial charge in [-0.2, -0.15) is 0 Å². The third kappa shape index (κ3) is 4.09. The fourth-order valence-corrected chi connectivity index (χ4v) is 3.70. The van der Waals surface area contributed by atoms with Crippen molar-refractivity contribution in [2.24, 2.45) is 5.92 Å². The molecule has 0 saturated carbocycles. The van der Waals surface area contributed by atoms with E-state index in [1.165, 1.54) is 25.0 Å². The van der Waals surface area contributed by atoms with Gasteiger partial charge in [-0.15, -0.1) is 0 Å². The van der Waals surface area contributed by atoms with Gasteiger partial charge in [0, 0.05) is 32.4 Å². The molecule has 6 nitrogen and oxygen atoms in total. The van der Waals surface area contributed by atoms with Crippen molar-refractivity contribution in [1.29, 1.82) is 0 Å². The molecule has 2 aromatic rings. The topological polar surface area (TPSA) is 69.3 Å². The molecule has 1 aromatic heterocycles. The Bertz CT molecular complexity index is 774. The van der Waals surface area contributed by atoms with Crippen LogP contribution in [-0.2, 0) is 11.3 Å². The van der Waals surface area contributed by atoms with Crippen LogP contribution < -0.4 is 21.1 Å². The maximum Gasteiger partial charge on any atom is 0.226 e. The van der Waals surface area contributed by atoms with Crippen molar-refractivity contribution in [3.05, 3.63) is 59.5 Å². The highest BCUT2D eigenvalue weighted by Gasteiger charge is 2.33. The van der Waals surface area contributed by atoms with Crippen LogP contribution in [0, 0.1) is 11.7 Å². The molecule has 2 aliphatic heterocycles. The van der Waals surface area contributed by atoms with Crippen LogP contribution in [-0.4, -0.2) is 30.5 Å². The summed E-state index contributed by atoms with van der Waals surface area (Å²) in [6.45, 7) is 3.10. The first kappa shape index (κ1) is 17.9. The Labute approximate surface area is 158 Å². The molecular weight excluding hydrogens is 345 g/mol. The number of rotatable bonds is 5. The van der Waals surface area contributed by atoms with E-state index in [-0.39, 0.29) is 23.7 Å². The largest absolute Gasteiger partial charge is 0.357 e. The van der Waals surface area contributed by atoms with Gasteiger partial charge >= 0.3 is 0 Å². The van der Waals surface area contributed by atoms with Gasteiger partial charge in [0.25, 0.3) is 0 Å². The zero-order chi connectivity index (χ0) is 18.6. The number of pyridine rings is 1. The standard InChI is InChI=1S/C20H24FN5O/c21-16-6-4-15(5-7-16)19-17(13-24-25-19)20(27)23-12-14-3-8-18(22-11-14)26-9-1-2-10-26/h3-8,11,17,19,24-25H,1-2,9-10,12-13H2,(H,23,27). The van der Waals surface area contributed by atoms with Gasteiger partial charge in [0.2, 0.25) is 5.91 Å². The quantitative estimate of drug-likeness (QED) is 0.751. The molecule has 0 spiro atoms. The molecule has 2 atom stereocenters. The molecule has 2 unspecified atom stereocenters. The van der Waals surface area contributed by atoms with Crippen molar-refractivity contribution in [3.63, 3.8) is 0 Å². The van der Waals surface area contributed by atoms with Crippen molar-refractivity contribution < 1.29 is 9.18 Å². The van der Waals surface area contributed by atoms with Crippen LogP contribution in [0.5, 0.6) is 0 Å². The molecule has 2 fully saturated rings. The number of hydrogen-bond acceptors (Lipinski definition) is 5. The molecule has 0 aliphatic carbocycles. The summed E-state index contributed by atoms with van der Waals surface area (Å²) in [7, 11) is 0. The highest BCUT2D eigenvalue weighted by Crippen LogP contribution is 2.25. The van der Waals surface area contributed by atoms with E-state index in [1.807, 2.05) is 18.3 Å². The SMILES string of the molecule is O=C(NCc1ccc(N2CCCC2)nc1)C1CNNC1c1ccc(F)cc1. The first-order chi connectivity index (χ1) is 13.2. The van der Waals surface area contributed by atoms with Crippen molar-refractivity contribution in [2.75, 3.05) is 24.5 Å². The van der Waals surface area contributed by atoms with Crippen LogP contribution in [0.3, 0.4) is 0 Å². The van der Waals surface area contributed by atoms with Gasteiger partial charge in [-0.1, -0.05) is 18.2 Å². The van der Waals surface area contributed by atoms with Gasteiger partial charge in [0.1, 0.15) is 11.6 Å². The minimum atomic E-state index is -0.282. The van der Waals surface area contributed by atoms with Crippen LogP contribution >= 0.6 is 0 Å². The molecule has 27 heavy (non-hydrogen) atoms. The van der Waals surface area contributed by atoms with E-state index in [9.17, 15) is 9.18 Å². The highest BCUT2D eigenvalue weighted by molar-refractivity contribution is 5.80. The Morgan fingerprint density at radius 2 is 1.96 bits per heavy atom. The number of hydrazine groups is 1. The number of halogens is 1. The van der Waals surface area contributed by atoms with E-state index < -0.39 is 0 Å². The van der Waals surface area contributed by atoms with E-state index in [2.05, 4.69) is 26.1 Å². The summed E-state index contributed by atoms with van der Waals surface area (Å²) >= 11 is 0. The maximum absolute atomic E-state index is 13.1. The summed E-state index contributed by atoms with van der Waals surface area (Å²) in [5, 5.41) is 2.99. The van der Waals surface area contributed by atoms with Gasteiger partial charge in [0.05, 0.1) is 12.0 Å². The van der Waals surface area contributed by atoms with Crippen molar-refractivity contribution in [2.45, 2.75) is 25.4 Å². The number of carbonyl (C=O) groups is 1. The van der Waals surface area contributed by atoms with Gasteiger partial charge < -0.3 is 10.2 Å². The van der Waals surface area contributed by atoms with Gasteiger partial charge in [-0.25, -0.2) is 14.8 Å². The van der Waals surface area contributed by atoms with E-state index in [0.29, 0.717) is 13.1 Å². The molecule has 7 heteroatoms. The first-order valence-electron chi connectivity index (χ1n) is 9.42. The first-order valence-corrected chi connectivity index (χ1v) is 9.42. The third-order valence-corrected chi connectivity index (χ3v) is 5.25. The normalized spacial score (nSPS) is 22.2. The van der Waals surface area contributed by atoms with Gasteiger partial charge in [0.15, 0.2) is 0 Å². The molecular formula is C20H24FN5O. The average Bonchev–Trinajstić information content (AvgIpc) is 3.39. The summed E-state index contributed by atoms with van der Waals surface area (Å²) in [6, 6.07) is 10.1. The molecule has 2 saturated heterocycles. The van der Waals surface area contributed by atoms with Gasteiger partial charge in [-0.3, -0.25) is 10.2 Å². The third-order valence-electron chi connectivity index (χ3n) is 5.25. The van der Waals surface area contributed by atoms with Crippen LogP contribution in [0.15, 0.2) is 42.6 Å². The predicted octanol–water partition coefficient (Wildman–Crippen LogP) is 1.90. The number of benzene rings is 1. The molecule has 4 rings (SSSR count). The van der Waals surface area contributed by atoms with Crippen LogP contribution in [0.1, 0.15) is 30.0 Å². The second kappa shape index (κ2) is 8.02. The Hall–Kier alpha value is -2.51. The summed E-state index contributed by atoms with van der Waals surface area (Å²) in [6.07, 6.45) is 4.27. The molecule has 1 aromatic carbocycles. The minimum absolute atomic E-state index is 0.0366. The van der Waals surface area contributed by atoms with Crippen LogP contribution in [0.25, 0.3) is 0 Å². The van der Waals surface area contributed by atoms with Crippen molar-refractivity contribution in [1.82, 2.24) is 21.2 Å². The monoisotopic (exact) mass is 369 g/mol. The molecule has 3 N–H and O–H groups in total. The Morgan fingerprint density at radius 3 is 2.67 bits per heavy atom. The second-order valence-electron chi connectivity index (χ2n) is 7.10. The number of aromatic nitrogens is 1. The summed E-state index contributed by atoms with van der Waals surface area (Å²) in [5.41, 5.74) is 8.00. The van der Waals surface area contributed by atoms with E-state index in [4.69, 9.17) is 0 Å². The zero-order valence-corrected chi connectivity index (χ0v) is 15.1. The van der Waals surface area contributed by atoms with E-state index in [1.54, 1.807) is 12.1 Å². The number of nitrogens with one attached hydrogen (secondary N) is 3. The number of hydrogen-bond donors (Lipinski definition) is 3. The average molecular weight is 369 g/mol. The summed E-state index contributed by atoms with van der Waals surface area (Å²) in [4.78, 5) is 19.5. The number of nitrogens with zero attached hydrogens (tertiary/aromatic N) is 2. The Kier molecular flexibility index (Phi) is 5.31. The molecule has 2 aliphatic rings. The molecule has 3 heterocycles. The fourth-order valence-electron chi connectivity index (χ4n) is 3.70. The number of amides is 1. The van der Waals surface area contributed by atoms with Crippen LogP contribution in [0.2, 0.25) is 0 Å². The Balaban J connectivity index is 1.35. The second-order valence-corrected chi connectivity index (χ2v) is 7.10. The van der Waals surface area contributed by atoms with Crippen molar-refractivity contribution in [3.8, 4) is 0 Å². The molecule has 0 bridgehead atoms. The lowest BCUT2D eigenvalue weighted by atomic mass is 9.94.